The van der Waals surface area contributed by atoms with Gasteiger partial charge in [0.05, 0.1) is 12.6 Å². The molecule has 166 valence electrons. The Balaban J connectivity index is 4.75. The summed E-state index contributed by atoms with van der Waals surface area (Å²) in [5.74, 6) is -4.53. The van der Waals surface area contributed by atoms with Gasteiger partial charge < -0.3 is 37.6 Å². The summed E-state index contributed by atoms with van der Waals surface area (Å²) in [6, 6.07) is -3.25. The number of aliphatic carboxylic acids is 2. The largest absolute Gasteiger partial charge is 0.481 e. The smallest absolute Gasteiger partial charge is 0.326 e. The molecule has 3 amide bonds. The molecule has 13 heteroatoms. The second-order valence-corrected chi connectivity index (χ2v) is 6.61. The van der Waals surface area contributed by atoms with E-state index in [2.05, 4.69) is 28.6 Å². The van der Waals surface area contributed by atoms with Gasteiger partial charge in [0.1, 0.15) is 12.1 Å². The lowest BCUT2D eigenvalue weighted by atomic mass is 10.1. The Hall–Kier alpha value is -2.38. The first-order valence-corrected chi connectivity index (χ1v) is 9.64. The first-order valence-electron chi connectivity index (χ1n) is 9.00. The molecule has 0 aliphatic heterocycles. The van der Waals surface area contributed by atoms with E-state index in [-0.39, 0.29) is 18.6 Å². The number of hydrogen-bond acceptors (Lipinski definition) is 8. The van der Waals surface area contributed by atoms with Gasteiger partial charge in [-0.15, -0.1) is 0 Å². The number of rotatable bonds is 15. The SMILES string of the molecule is NCCCCC(NC(=O)C(N)CS)C(=O)NCC(=O)NC(CCC(=O)O)C(=O)O. The van der Waals surface area contributed by atoms with Crippen molar-refractivity contribution in [3.63, 3.8) is 0 Å². The Bertz CT molecular complexity index is 590. The van der Waals surface area contributed by atoms with Gasteiger partial charge in [0, 0.05) is 12.2 Å². The zero-order chi connectivity index (χ0) is 22.4. The normalized spacial score (nSPS) is 13.6. The van der Waals surface area contributed by atoms with Crippen LogP contribution in [0.25, 0.3) is 0 Å². The lowest BCUT2D eigenvalue weighted by molar-refractivity contribution is -0.143. The number of carboxylic acids is 2. The quantitative estimate of drug-likeness (QED) is 0.0998. The molecule has 9 N–H and O–H groups in total. The molecular formula is C16H29N5O7S. The molecule has 29 heavy (non-hydrogen) atoms. The summed E-state index contributed by atoms with van der Waals surface area (Å²) in [4.78, 5) is 57.8. The highest BCUT2D eigenvalue weighted by molar-refractivity contribution is 7.80. The fourth-order valence-electron chi connectivity index (χ4n) is 2.18. The van der Waals surface area contributed by atoms with Crippen LogP contribution in [0.1, 0.15) is 32.1 Å². The molecule has 0 radical (unpaired) electrons. The van der Waals surface area contributed by atoms with Gasteiger partial charge in [-0.1, -0.05) is 0 Å². The Morgan fingerprint density at radius 3 is 2.10 bits per heavy atom. The second-order valence-electron chi connectivity index (χ2n) is 6.24. The van der Waals surface area contributed by atoms with E-state index in [1.54, 1.807) is 0 Å². The summed E-state index contributed by atoms with van der Waals surface area (Å²) < 4.78 is 0. The van der Waals surface area contributed by atoms with E-state index >= 15 is 0 Å². The van der Waals surface area contributed by atoms with Gasteiger partial charge >= 0.3 is 11.9 Å². The number of nitrogens with two attached hydrogens (primary N) is 2. The van der Waals surface area contributed by atoms with Gasteiger partial charge in [-0.05, 0) is 32.2 Å². The van der Waals surface area contributed by atoms with Crippen molar-refractivity contribution >= 4 is 42.3 Å². The molecule has 0 spiro atoms. The molecule has 12 nitrogen and oxygen atoms in total. The maximum Gasteiger partial charge on any atom is 0.326 e. The Labute approximate surface area is 173 Å². The maximum atomic E-state index is 12.3. The number of carboxylic acid groups (broad SMARTS) is 2. The van der Waals surface area contributed by atoms with E-state index in [4.69, 9.17) is 21.7 Å². The summed E-state index contributed by atoms with van der Waals surface area (Å²) in [5.41, 5.74) is 11.0. The fraction of sp³-hybridized carbons (Fsp3) is 0.688. The molecule has 0 aromatic heterocycles. The molecule has 0 aliphatic rings. The first-order chi connectivity index (χ1) is 13.6. The number of carbonyl (C=O) groups is 5. The number of thiol groups is 1. The topological polar surface area (TPSA) is 214 Å². The molecule has 3 atom stereocenters. The van der Waals surface area contributed by atoms with Crippen molar-refractivity contribution in [3.8, 4) is 0 Å². The van der Waals surface area contributed by atoms with Crippen LogP contribution in [0.2, 0.25) is 0 Å². The van der Waals surface area contributed by atoms with Gasteiger partial charge in [-0.3, -0.25) is 19.2 Å². The molecular weight excluding hydrogens is 406 g/mol. The standard InChI is InChI=1S/C16H29N5O7S/c17-6-2-1-3-10(21-14(25)9(18)8-29)15(26)19-7-12(22)20-11(16(27)28)4-5-13(23)24/h9-11,29H,1-8,17-18H2,(H,19,26)(H,20,22)(H,21,25)(H,23,24)(H,27,28). The highest BCUT2D eigenvalue weighted by Crippen LogP contribution is 2.02. The van der Waals surface area contributed by atoms with Crippen LogP contribution in [0, 0.1) is 0 Å². The molecule has 0 aliphatic carbocycles. The van der Waals surface area contributed by atoms with Crippen molar-refractivity contribution < 1.29 is 34.2 Å². The maximum absolute atomic E-state index is 12.3. The van der Waals surface area contributed by atoms with E-state index in [0.717, 1.165) is 0 Å². The van der Waals surface area contributed by atoms with E-state index in [1.807, 2.05) is 0 Å². The van der Waals surface area contributed by atoms with E-state index < -0.39 is 60.8 Å². The van der Waals surface area contributed by atoms with Gasteiger partial charge in [0.25, 0.3) is 0 Å². The number of nitrogens with one attached hydrogen (secondary N) is 3. The van der Waals surface area contributed by atoms with Crippen LogP contribution in [0.15, 0.2) is 0 Å². The third-order valence-corrected chi connectivity index (χ3v) is 4.21. The average Bonchev–Trinajstić information content (AvgIpc) is 2.67. The van der Waals surface area contributed by atoms with Crippen molar-refractivity contribution in [2.45, 2.75) is 50.2 Å². The minimum Gasteiger partial charge on any atom is -0.481 e. The number of unbranched alkanes of at least 4 members (excludes halogenated alkanes) is 1. The molecule has 0 fully saturated rings. The molecule has 0 aromatic carbocycles. The summed E-state index contributed by atoms with van der Waals surface area (Å²) in [6.07, 6.45) is 0.704. The van der Waals surface area contributed by atoms with Crippen molar-refractivity contribution in [1.29, 1.82) is 0 Å². The van der Waals surface area contributed by atoms with Crippen LogP contribution >= 0.6 is 12.6 Å². The minimum absolute atomic E-state index is 0.0816. The summed E-state index contributed by atoms with van der Waals surface area (Å²) in [6.45, 7) is -0.134. The van der Waals surface area contributed by atoms with Gasteiger partial charge in [-0.2, -0.15) is 12.6 Å². The van der Waals surface area contributed by atoms with Crippen LogP contribution in [-0.2, 0) is 24.0 Å². The van der Waals surface area contributed by atoms with Crippen molar-refractivity contribution in [1.82, 2.24) is 16.0 Å². The van der Waals surface area contributed by atoms with Gasteiger partial charge in [0.15, 0.2) is 0 Å². The Morgan fingerprint density at radius 2 is 1.59 bits per heavy atom. The average molecular weight is 436 g/mol. The lowest BCUT2D eigenvalue weighted by Gasteiger charge is -2.20. The van der Waals surface area contributed by atoms with Crippen LogP contribution in [0.4, 0.5) is 0 Å². The van der Waals surface area contributed by atoms with Crippen LogP contribution in [-0.4, -0.2) is 76.8 Å². The van der Waals surface area contributed by atoms with E-state index in [0.29, 0.717) is 19.4 Å². The lowest BCUT2D eigenvalue weighted by Crippen LogP contribution is -2.53. The predicted octanol–water partition coefficient (Wildman–Crippen LogP) is -2.59. The summed E-state index contributed by atoms with van der Waals surface area (Å²) >= 11 is 3.92. The third kappa shape index (κ3) is 11.9. The van der Waals surface area contributed by atoms with E-state index in [9.17, 15) is 24.0 Å². The molecule has 0 bridgehead atoms. The van der Waals surface area contributed by atoms with Gasteiger partial charge in [-0.25, -0.2) is 4.79 Å². The zero-order valence-electron chi connectivity index (χ0n) is 15.9. The number of amides is 3. The molecule has 3 unspecified atom stereocenters. The highest BCUT2D eigenvalue weighted by Gasteiger charge is 2.25. The predicted molar refractivity (Wildman–Crippen MR) is 106 cm³/mol. The Morgan fingerprint density at radius 1 is 0.931 bits per heavy atom. The summed E-state index contributed by atoms with van der Waals surface area (Å²) in [5, 5.41) is 24.6. The molecule has 0 saturated heterocycles. The molecule has 0 heterocycles. The van der Waals surface area contributed by atoms with Crippen LogP contribution in [0.5, 0.6) is 0 Å². The minimum atomic E-state index is -1.40. The first kappa shape index (κ1) is 26.6. The van der Waals surface area contributed by atoms with Crippen molar-refractivity contribution in [3.05, 3.63) is 0 Å². The molecule has 0 saturated carbocycles. The van der Waals surface area contributed by atoms with Crippen molar-refractivity contribution in [2.75, 3.05) is 18.8 Å². The zero-order valence-corrected chi connectivity index (χ0v) is 16.8. The van der Waals surface area contributed by atoms with Crippen molar-refractivity contribution in [2.24, 2.45) is 11.5 Å². The molecule has 0 rings (SSSR count). The fourth-order valence-corrected chi connectivity index (χ4v) is 2.35. The highest BCUT2D eigenvalue weighted by atomic mass is 32.1. The number of hydrogen-bond donors (Lipinski definition) is 8. The molecule has 0 aromatic rings. The van der Waals surface area contributed by atoms with E-state index in [1.165, 1.54) is 0 Å². The number of carbonyl (C=O) groups excluding carboxylic acids is 3. The van der Waals surface area contributed by atoms with Gasteiger partial charge in [0.2, 0.25) is 17.7 Å². The van der Waals surface area contributed by atoms with Crippen LogP contribution in [0.3, 0.4) is 0 Å². The Kier molecular flexibility index (Phi) is 13.4. The van der Waals surface area contributed by atoms with Crippen LogP contribution < -0.4 is 27.4 Å². The monoisotopic (exact) mass is 435 g/mol. The second kappa shape index (κ2) is 14.6. The third-order valence-electron chi connectivity index (χ3n) is 3.82. The summed E-state index contributed by atoms with van der Waals surface area (Å²) in [7, 11) is 0.